The number of methoxy groups -OCH3 is 1. The molecule has 0 saturated carbocycles. The van der Waals surface area contributed by atoms with Crippen LogP contribution >= 0.6 is 0 Å². The zero-order valence-corrected chi connectivity index (χ0v) is 26.1. The molecule has 0 aromatic carbocycles. The maximum absolute atomic E-state index is 14.6. The number of ether oxygens (including phenoxy) is 6. The number of alkyl halides is 35. The third kappa shape index (κ3) is 9.54. The van der Waals surface area contributed by atoms with Gasteiger partial charge < -0.3 is 4.74 Å². The molecular weight excluding hydrogens is 1010 g/mol. The van der Waals surface area contributed by atoms with Crippen LogP contribution in [0.2, 0.25) is 0 Å². The van der Waals surface area contributed by atoms with Gasteiger partial charge in [-0.25, -0.2) is 4.79 Å². The number of hydrogen-bond donors (Lipinski definition) is 0. The standard InChI is InChI=1S/C19H3F35O7/c1-56-2(55)3(20,9(27,28)29)57-16(47,48)5(23,11(33,34)35)59-18(51,52)7(25,13(39,40)41)61-19(53,54)8(26,14(42,43)44)60-17(49,50)6(24,12(36,37)38)58-15(45,46)4(21,22)10(30,31)32/h1H3. The van der Waals surface area contributed by atoms with Crippen LogP contribution in [-0.4, -0.2) is 116 Å². The van der Waals surface area contributed by atoms with Gasteiger partial charge in [0, 0.05) is 0 Å². The van der Waals surface area contributed by atoms with Gasteiger partial charge in [-0.1, -0.05) is 0 Å². The van der Waals surface area contributed by atoms with Gasteiger partial charge in [0.25, 0.3) is 0 Å². The van der Waals surface area contributed by atoms with Gasteiger partial charge in [-0.05, 0) is 0 Å². The second-order valence-electron chi connectivity index (χ2n) is 10.1. The first-order valence-corrected chi connectivity index (χ1v) is 12.5. The summed E-state index contributed by atoms with van der Waals surface area (Å²) in [7, 11) is -0.587. The third-order valence-corrected chi connectivity index (χ3v) is 5.83. The second kappa shape index (κ2) is 15.2. The smallest absolute Gasteiger partial charge is 0.462 e. The van der Waals surface area contributed by atoms with Crippen molar-refractivity contribution in [2.75, 3.05) is 7.11 Å². The Morgan fingerprint density at radius 2 is 0.475 bits per heavy atom. The highest BCUT2D eigenvalue weighted by atomic mass is 19.5. The molecule has 366 valence electrons. The Morgan fingerprint density at radius 1 is 0.279 bits per heavy atom. The number of hydrogen-bond acceptors (Lipinski definition) is 7. The molecule has 0 radical (unpaired) electrons. The van der Waals surface area contributed by atoms with Crippen LogP contribution in [0, 0.1) is 0 Å². The van der Waals surface area contributed by atoms with Crippen molar-refractivity contribution in [3.63, 3.8) is 0 Å². The lowest BCUT2D eigenvalue weighted by atomic mass is 10.2. The average Bonchev–Trinajstić information content (AvgIpc) is 2.95. The number of esters is 1. The molecule has 0 rings (SSSR count). The van der Waals surface area contributed by atoms with Gasteiger partial charge in [-0.3, -0.25) is 23.7 Å². The lowest BCUT2D eigenvalue weighted by molar-refractivity contribution is -0.600. The van der Waals surface area contributed by atoms with E-state index in [0.717, 1.165) is 9.47 Å². The molecule has 0 saturated heterocycles. The molecule has 0 aromatic heterocycles. The Morgan fingerprint density at radius 3 is 0.639 bits per heavy atom. The summed E-state index contributed by atoms with van der Waals surface area (Å²) in [5, 5.41) is 0. The molecule has 0 N–H and O–H groups in total. The Balaban J connectivity index is 8.05. The van der Waals surface area contributed by atoms with Crippen molar-refractivity contribution in [3.05, 3.63) is 0 Å². The van der Waals surface area contributed by atoms with E-state index in [0.29, 0.717) is 9.47 Å². The Kier molecular flexibility index (Phi) is 14.4. The zero-order chi connectivity index (χ0) is 50.3. The maximum atomic E-state index is 14.6. The summed E-state index contributed by atoms with van der Waals surface area (Å²) >= 11 is 0. The van der Waals surface area contributed by atoms with E-state index in [-0.39, 0.29) is 0 Å². The van der Waals surface area contributed by atoms with Crippen LogP contribution in [-0.2, 0) is 33.2 Å². The lowest BCUT2D eigenvalue weighted by Gasteiger charge is -2.44. The van der Waals surface area contributed by atoms with Gasteiger partial charge in [0.15, 0.2) is 0 Å². The van der Waals surface area contributed by atoms with Crippen LogP contribution in [0.5, 0.6) is 0 Å². The Bertz CT molecular complexity index is 1550. The van der Waals surface area contributed by atoms with Crippen molar-refractivity contribution >= 4 is 5.97 Å². The van der Waals surface area contributed by atoms with Crippen LogP contribution in [0.1, 0.15) is 0 Å². The van der Waals surface area contributed by atoms with Crippen LogP contribution in [0.4, 0.5) is 154 Å². The molecule has 0 aromatic rings. The van der Waals surface area contributed by atoms with Gasteiger partial charge in [0.05, 0.1) is 7.11 Å². The SMILES string of the molecule is COC(=O)C(F)(OC(F)(F)C(F)(OC(F)(F)C(F)(OC(F)(F)C(F)(OC(F)(F)C(F)(OC(F)(F)C(F)(F)C(F)(F)F)C(F)(F)F)C(F)(F)F)C(F)(F)F)C(F)(F)F)C(F)(F)F. The number of carbonyl (C=O) groups is 1. The van der Waals surface area contributed by atoms with Crippen LogP contribution in [0.25, 0.3) is 0 Å². The van der Waals surface area contributed by atoms with E-state index in [1.807, 2.05) is 0 Å². The zero-order valence-electron chi connectivity index (χ0n) is 26.1. The first kappa shape index (κ1) is 57.8. The van der Waals surface area contributed by atoms with E-state index in [2.05, 4.69) is 4.74 Å². The minimum absolute atomic E-state index is 0.587. The molecule has 61 heavy (non-hydrogen) atoms. The minimum Gasteiger partial charge on any atom is -0.465 e. The molecule has 0 aliphatic carbocycles. The van der Waals surface area contributed by atoms with E-state index >= 15 is 0 Å². The van der Waals surface area contributed by atoms with Gasteiger partial charge in [-0.2, -0.15) is 154 Å². The third-order valence-electron chi connectivity index (χ3n) is 5.83. The number of carbonyl (C=O) groups excluding carboxylic acids is 1. The molecular formula is C19H3F35O7. The highest BCUT2D eigenvalue weighted by Gasteiger charge is 2.91. The molecule has 0 amide bonds. The fraction of sp³-hybridized carbons (Fsp3) is 0.947. The molecule has 42 heteroatoms. The predicted molar refractivity (Wildman–Crippen MR) is 103 cm³/mol. The Labute approximate surface area is 304 Å². The van der Waals surface area contributed by atoms with E-state index in [1.165, 1.54) is 4.74 Å². The summed E-state index contributed by atoms with van der Waals surface area (Å²) in [6.45, 7) is 0. The lowest BCUT2D eigenvalue weighted by Crippen LogP contribution is -2.73. The fourth-order valence-corrected chi connectivity index (χ4v) is 2.85. The first-order valence-electron chi connectivity index (χ1n) is 12.5. The average molecular weight is 1010 g/mol. The summed E-state index contributed by atoms with van der Waals surface area (Å²) in [4.78, 5) is 10.9. The molecule has 0 spiro atoms. The monoisotopic (exact) mass is 1010 g/mol. The van der Waals surface area contributed by atoms with Crippen molar-refractivity contribution in [1.29, 1.82) is 0 Å². The molecule has 0 aliphatic heterocycles. The van der Waals surface area contributed by atoms with E-state index in [4.69, 9.17) is 0 Å². The van der Waals surface area contributed by atoms with E-state index in [9.17, 15) is 158 Å². The van der Waals surface area contributed by atoms with Gasteiger partial charge in [-0.15, -0.1) is 0 Å². The molecule has 0 bridgehead atoms. The topological polar surface area (TPSA) is 72.5 Å². The minimum atomic E-state index is -9.61. The summed E-state index contributed by atoms with van der Waals surface area (Å²) < 4.78 is 478. The van der Waals surface area contributed by atoms with Gasteiger partial charge in [0.1, 0.15) is 0 Å². The molecule has 0 aliphatic rings. The van der Waals surface area contributed by atoms with E-state index < -0.39 is 116 Å². The van der Waals surface area contributed by atoms with Crippen LogP contribution < -0.4 is 0 Å². The largest absolute Gasteiger partial charge is 0.465 e. The van der Waals surface area contributed by atoms with Crippen LogP contribution in [0.15, 0.2) is 0 Å². The predicted octanol–water partition coefficient (Wildman–Crippen LogP) is 10.5. The molecule has 5 atom stereocenters. The molecule has 0 fully saturated rings. The normalized spacial score (nSPS) is 20.5. The number of rotatable bonds is 16. The van der Waals surface area contributed by atoms with Crippen molar-refractivity contribution in [2.45, 2.75) is 103 Å². The van der Waals surface area contributed by atoms with E-state index in [1.54, 1.807) is 0 Å². The molecule has 7 nitrogen and oxygen atoms in total. The fourth-order valence-electron chi connectivity index (χ4n) is 2.85. The number of halogens is 35. The summed E-state index contributed by atoms with van der Waals surface area (Å²) in [5.41, 5.74) is 0. The van der Waals surface area contributed by atoms with Gasteiger partial charge in [0.2, 0.25) is 0 Å². The first-order chi connectivity index (χ1) is 25.8. The maximum Gasteiger partial charge on any atom is 0.462 e. The van der Waals surface area contributed by atoms with Crippen molar-refractivity contribution < 1.29 is 187 Å². The Hall–Kier alpha value is -3.18. The van der Waals surface area contributed by atoms with Crippen molar-refractivity contribution in [2.24, 2.45) is 0 Å². The highest BCUT2D eigenvalue weighted by Crippen LogP contribution is 2.62. The molecule has 0 heterocycles. The van der Waals surface area contributed by atoms with Crippen LogP contribution in [0.3, 0.4) is 0 Å². The van der Waals surface area contributed by atoms with Crippen molar-refractivity contribution in [3.8, 4) is 0 Å². The van der Waals surface area contributed by atoms with Crippen molar-refractivity contribution in [1.82, 2.24) is 0 Å². The summed E-state index contributed by atoms with van der Waals surface area (Å²) in [6.07, 6.45) is -97.9. The summed E-state index contributed by atoms with van der Waals surface area (Å²) in [6, 6.07) is 0. The molecule has 5 unspecified atom stereocenters. The summed E-state index contributed by atoms with van der Waals surface area (Å²) in [5.74, 6) is -57.7. The second-order valence-corrected chi connectivity index (χ2v) is 10.1. The quantitative estimate of drug-likeness (QED) is 0.113. The van der Waals surface area contributed by atoms with Gasteiger partial charge >= 0.3 is 109 Å². The highest BCUT2D eigenvalue weighted by molar-refractivity contribution is 5.78.